The third kappa shape index (κ3) is 4.47. The summed E-state index contributed by atoms with van der Waals surface area (Å²) in [5.74, 6) is 3.45. The van der Waals surface area contributed by atoms with Crippen molar-refractivity contribution in [2.45, 2.75) is 32.9 Å². The number of benzene rings is 1. The van der Waals surface area contributed by atoms with Crippen LogP contribution in [-0.2, 0) is 13.2 Å². The molecule has 3 N–H and O–H groups in total. The van der Waals surface area contributed by atoms with Crippen LogP contribution in [0.15, 0.2) is 35.3 Å². The number of rotatable bonds is 5. The van der Waals surface area contributed by atoms with Crippen molar-refractivity contribution in [3.8, 4) is 5.75 Å². The average Bonchev–Trinajstić information content (AvgIpc) is 3.07. The minimum Gasteiger partial charge on any atom is -0.486 e. The van der Waals surface area contributed by atoms with Crippen LogP contribution in [-0.4, -0.2) is 39.1 Å². The standard InChI is InChI=1S/C17H24N6O/c1-13-7-9-23(10-8-13)17(18)19-11-15-20-16(22-21-15)12-24-14-5-3-2-4-6-14/h2-6,13H,7-12H2,1H3,(H2,18,19)(H,20,21,22). The molecule has 0 radical (unpaired) electrons. The van der Waals surface area contributed by atoms with Crippen molar-refractivity contribution in [1.82, 2.24) is 20.1 Å². The fraction of sp³-hybridized carbons (Fsp3) is 0.471. The third-order valence-corrected chi connectivity index (χ3v) is 4.19. The maximum Gasteiger partial charge on any atom is 0.191 e. The van der Waals surface area contributed by atoms with Crippen molar-refractivity contribution < 1.29 is 4.74 Å². The zero-order chi connectivity index (χ0) is 16.8. The molecule has 128 valence electrons. The van der Waals surface area contributed by atoms with Gasteiger partial charge in [-0.05, 0) is 30.9 Å². The van der Waals surface area contributed by atoms with Crippen LogP contribution in [0.3, 0.4) is 0 Å². The Morgan fingerprint density at radius 1 is 1.33 bits per heavy atom. The summed E-state index contributed by atoms with van der Waals surface area (Å²) < 4.78 is 5.63. The summed E-state index contributed by atoms with van der Waals surface area (Å²) in [5, 5.41) is 7.04. The zero-order valence-corrected chi connectivity index (χ0v) is 14.0. The molecule has 7 nitrogen and oxygen atoms in total. The monoisotopic (exact) mass is 328 g/mol. The van der Waals surface area contributed by atoms with E-state index in [1.54, 1.807) is 0 Å². The first kappa shape index (κ1) is 16.3. The summed E-state index contributed by atoms with van der Waals surface area (Å²) in [4.78, 5) is 10.9. The van der Waals surface area contributed by atoms with E-state index in [2.05, 4.69) is 32.0 Å². The van der Waals surface area contributed by atoms with Gasteiger partial charge in [0, 0.05) is 13.1 Å². The molecule has 0 amide bonds. The molecule has 1 aliphatic rings. The van der Waals surface area contributed by atoms with Gasteiger partial charge in [0.25, 0.3) is 0 Å². The Morgan fingerprint density at radius 3 is 2.83 bits per heavy atom. The number of aromatic amines is 1. The number of nitrogens with zero attached hydrogens (tertiary/aromatic N) is 4. The summed E-state index contributed by atoms with van der Waals surface area (Å²) >= 11 is 0. The van der Waals surface area contributed by atoms with E-state index in [-0.39, 0.29) is 0 Å². The van der Waals surface area contributed by atoms with Crippen LogP contribution in [0.1, 0.15) is 31.4 Å². The maximum absolute atomic E-state index is 6.07. The Hall–Kier alpha value is -2.57. The van der Waals surface area contributed by atoms with Gasteiger partial charge < -0.3 is 15.4 Å². The Balaban J connectivity index is 1.49. The molecule has 1 aliphatic heterocycles. The van der Waals surface area contributed by atoms with Crippen LogP contribution in [0, 0.1) is 5.92 Å². The molecule has 0 saturated carbocycles. The number of nitrogens with two attached hydrogens (primary N) is 1. The summed E-state index contributed by atoms with van der Waals surface area (Å²) in [6.07, 6.45) is 2.33. The topological polar surface area (TPSA) is 92.4 Å². The molecular formula is C17H24N6O. The minimum atomic E-state index is 0.347. The first-order valence-electron chi connectivity index (χ1n) is 8.33. The quantitative estimate of drug-likeness (QED) is 0.646. The molecular weight excluding hydrogens is 304 g/mol. The number of aliphatic imine (C=N–C) groups is 1. The lowest BCUT2D eigenvalue weighted by Crippen LogP contribution is -2.42. The van der Waals surface area contributed by atoms with Crippen LogP contribution in [0.2, 0.25) is 0 Å². The van der Waals surface area contributed by atoms with Crippen LogP contribution in [0.25, 0.3) is 0 Å². The summed E-state index contributed by atoms with van der Waals surface area (Å²) in [7, 11) is 0. The fourth-order valence-corrected chi connectivity index (χ4v) is 2.63. The average molecular weight is 328 g/mol. The Morgan fingerprint density at radius 2 is 2.08 bits per heavy atom. The summed E-state index contributed by atoms with van der Waals surface area (Å²) in [6, 6.07) is 9.62. The number of hydrogen-bond acceptors (Lipinski definition) is 4. The predicted molar refractivity (Wildman–Crippen MR) is 92.5 cm³/mol. The smallest absolute Gasteiger partial charge is 0.191 e. The zero-order valence-electron chi connectivity index (χ0n) is 14.0. The van der Waals surface area contributed by atoms with Crippen LogP contribution in [0.5, 0.6) is 5.75 Å². The number of piperidine rings is 1. The molecule has 1 fully saturated rings. The van der Waals surface area contributed by atoms with Gasteiger partial charge in [-0.15, -0.1) is 0 Å². The van der Waals surface area contributed by atoms with Gasteiger partial charge in [-0.25, -0.2) is 9.98 Å². The van der Waals surface area contributed by atoms with E-state index in [1.165, 1.54) is 0 Å². The second kappa shape index (κ2) is 7.81. The highest BCUT2D eigenvalue weighted by molar-refractivity contribution is 5.78. The normalized spacial score (nSPS) is 16.4. The van der Waals surface area contributed by atoms with Gasteiger partial charge in [-0.1, -0.05) is 25.1 Å². The number of guanidine groups is 1. The SMILES string of the molecule is CC1CCN(C(N)=NCc2n[nH]c(COc3ccccc3)n2)CC1. The highest BCUT2D eigenvalue weighted by atomic mass is 16.5. The molecule has 0 spiro atoms. The first-order chi connectivity index (χ1) is 11.7. The molecule has 0 unspecified atom stereocenters. The number of H-pyrrole nitrogens is 1. The van der Waals surface area contributed by atoms with Gasteiger partial charge in [-0.3, -0.25) is 5.10 Å². The molecule has 7 heteroatoms. The molecule has 2 heterocycles. The van der Waals surface area contributed by atoms with E-state index < -0.39 is 0 Å². The van der Waals surface area contributed by atoms with Crippen molar-refractivity contribution in [3.63, 3.8) is 0 Å². The van der Waals surface area contributed by atoms with Gasteiger partial charge in [0.2, 0.25) is 0 Å². The van der Waals surface area contributed by atoms with E-state index in [4.69, 9.17) is 10.5 Å². The lowest BCUT2D eigenvalue weighted by molar-refractivity contribution is 0.277. The van der Waals surface area contributed by atoms with Crippen molar-refractivity contribution in [2.75, 3.05) is 13.1 Å². The van der Waals surface area contributed by atoms with E-state index in [0.29, 0.717) is 30.8 Å². The number of para-hydroxylation sites is 1. The van der Waals surface area contributed by atoms with Gasteiger partial charge >= 0.3 is 0 Å². The molecule has 1 aromatic heterocycles. The molecule has 0 aliphatic carbocycles. The Kier molecular flexibility index (Phi) is 5.30. The number of ether oxygens (including phenoxy) is 1. The van der Waals surface area contributed by atoms with E-state index in [9.17, 15) is 0 Å². The van der Waals surface area contributed by atoms with Crippen LogP contribution >= 0.6 is 0 Å². The van der Waals surface area contributed by atoms with E-state index in [1.807, 2.05) is 30.3 Å². The molecule has 1 saturated heterocycles. The van der Waals surface area contributed by atoms with E-state index >= 15 is 0 Å². The van der Waals surface area contributed by atoms with Gasteiger partial charge in [0.05, 0.1) is 0 Å². The number of nitrogens with one attached hydrogen (secondary N) is 1. The molecule has 2 aromatic rings. The number of likely N-dealkylation sites (tertiary alicyclic amines) is 1. The number of hydrogen-bond donors (Lipinski definition) is 2. The molecule has 3 rings (SSSR count). The highest BCUT2D eigenvalue weighted by Crippen LogP contribution is 2.15. The van der Waals surface area contributed by atoms with Crippen LogP contribution < -0.4 is 10.5 Å². The number of aromatic nitrogens is 3. The van der Waals surface area contributed by atoms with Gasteiger partial charge in [0.15, 0.2) is 17.6 Å². The lowest BCUT2D eigenvalue weighted by Gasteiger charge is -2.30. The van der Waals surface area contributed by atoms with Gasteiger partial charge in [0.1, 0.15) is 18.9 Å². The minimum absolute atomic E-state index is 0.347. The lowest BCUT2D eigenvalue weighted by atomic mass is 10.00. The van der Waals surface area contributed by atoms with Crippen molar-refractivity contribution in [3.05, 3.63) is 42.0 Å². The summed E-state index contributed by atoms with van der Waals surface area (Å²) in [5.41, 5.74) is 6.07. The second-order valence-electron chi connectivity index (χ2n) is 6.14. The highest BCUT2D eigenvalue weighted by Gasteiger charge is 2.17. The third-order valence-electron chi connectivity index (χ3n) is 4.19. The second-order valence-corrected chi connectivity index (χ2v) is 6.14. The molecule has 0 atom stereocenters. The summed E-state index contributed by atoms with van der Waals surface area (Å²) in [6.45, 7) is 4.94. The fourth-order valence-electron chi connectivity index (χ4n) is 2.63. The Labute approximate surface area is 141 Å². The molecule has 24 heavy (non-hydrogen) atoms. The van der Waals surface area contributed by atoms with E-state index in [0.717, 1.165) is 37.6 Å². The first-order valence-corrected chi connectivity index (χ1v) is 8.33. The van der Waals surface area contributed by atoms with Crippen molar-refractivity contribution in [2.24, 2.45) is 16.6 Å². The maximum atomic E-state index is 6.07. The van der Waals surface area contributed by atoms with Gasteiger partial charge in [-0.2, -0.15) is 5.10 Å². The van der Waals surface area contributed by atoms with Crippen molar-refractivity contribution >= 4 is 5.96 Å². The molecule has 1 aromatic carbocycles. The Bertz CT molecular complexity index is 661. The van der Waals surface area contributed by atoms with Crippen LogP contribution in [0.4, 0.5) is 0 Å². The molecule has 0 bridgehead atoms. The predicted octanol–water partition coefficient (Wildman–Crippen LogP) is 1.93. The largest absolute Gasteiger partial charge is 0.486 e. The van der Waals surface area contributed by atoms with Crippen molar-refractivity contribution in [1.29, 1.82) is 0 Å².